The van der Waals surface area contributed by atoms with Crippen LogP contribution in [0, 0.1) is 13.8 Å². The summed E-state index contributed by atoms with van der Waals surface area (Å²) in [5.74, 6) is 1.20. The lowest BCUT2D eigenvalue weighted by molar-refractivity contribution is -0.119. The number of amides is 1. The van der Waals surface area contributed by atoms with Gasteiger partial charge in [0.2, 0.25) is 0 Å². The molecule has 2 aromatic rings. The zero-order chi connectivity index (χ0) is 26.3. The summed E-state index contributed by atoms with van der Waals surface area (Å²) in [6, 6.07) is 9.49. The fourth-order valence-corrected chi connectivity index (χ4v) is 6.64. The van der Waals surface area contributed by atoms with E-state index < -0.39 is 5.92 Å². The minimum absolute atomic E-state index is 0.0340. The molecule has 0 bridgehead atoms. The first-order valence-corrected chi connectivity index (χ1v) is 14.0. The second kappa shape index (κ2) is 10.6. The van der Waals surface area contributed by atoms with Gasteiger partial charge in [-0.2, -0.15) is 0 Å². The third-order valence-electron chi connectivity index (χ3n) is 7.13. The molecule has 1 aliphatic heterocycles. The first kappa shape index (κ1) is 25.9. The van der Waals surface area contributed by atoms with Crippen molar-refractivity contribution in [2.45, 2.75) is 58.3 Å². The summed E-state index contributed by atoms with van der Waals surface area (Å²) in [6.45, 7) is 3.84. The van der Waals surface area contributed by atoms with E-state index in [4.69, 9.17) is 9.47 Å². The Kier molecular flexibility index (Phi) is 7.41. The molecule has 37 heavy (non-hydrogen) atoms. The molecule has 0 radical (unpaired) electrons. The molecule has 1 heterocycles. The lowest BCUT2D eigenvalue weighted by Gasteiger charge is -2.36. The van der Waals surface area contributed by atoms with Crippen molar-refractivity contribution in [3.8, 4) is 5.75 Å². The highest BCUT2D eigenvalue weighted by atomic mass is 79.9. The monoisotopic (exact) mass is 627 g/mol. The predicted molar refractivity (Wildman–Crippen MR) is 147 cm³/mol. The van der Waals surface area contributed by atoms with Gasteiger partial charge in [0.25, 0.3) is 5.91 Å². The van der Waals surface area contributed by atoms with Gasteiger partial charge in [-0.1, -0.05) is 6.07 Å². The number of ketones is 2. The van der Waals surface area contributed by atoms with Crippen LogP contribution >= 0.6 is 31.9 Å². The maximum Gasteiger partial charge on any atom is 0.262 e. The van der Waals surface area contributed by atoms with E-state index in [0.29, 0.717) is 68.7 Å². The maximum atomic E-state index is 13.0. The van der Waals surface area contributed by atoms with E-state index in [2.05, 4.69) is 37.2 Å². The lowest BCUT2D eigenvalue weighted by atomic mass is 9.73. The average molecular weight is 629 g/mol. The molecule has 0 saturated heterocycles. The van der Waals surface area contributed by atoms with E-state index in [0.717, 1.165) is 29.5 Å². The van der Waals surface area contributed by atoms with Gasteiger partial charge in [-0.05, 0) is 99.5 Å². The van der Waals surface area contributed by atoms with Crippen LogP contribution in [0.15, 0.2) is 61.9 Å². The number of Topliss-reactive ketones (excluding diaryl/α,β-unsaturated/α-hetero) is 2. The molecule has 192 valence electrons. The Labute approximate surface area is 232 Å². The Balaban J connectivity index is 1.41. The number of anilines is 1. The highest BCUT2D eigenvalue weighted by molar-refractivity contribution is 9.11. The average Bonchev–Trinajstić information content (AvgIpc) is 2.85. The van der Waals surface area contributed by atoms with Crippen molar-refractivity contribution in [3.05, 3.63) is 78.6 Å². The molecule has 2 aliphatic carbocycles. The number of ether oxygens (including phenoxy) is 2. The van der Waals surface area contributed by atoms with Gasteiger partial charge in [0.05, 0.1) is 8.95 Å². The molecule has 0 fully saturated rings. The molecule has 1 amide bonds. The molecule has 3 aliphatic rings. The standard InChI is InChI=1S/C29H27Br2NO5/c1-15-9-10-18(11-16(15)2)32-25(35)14-36-29-19(30)12-17(13-20(29)31)26-27-21(33)5-3-7-23(27)37-24-8-4-6-22(34)28(24)26/h9-13,26H,3-8,14H2,1-2H3,(H,32,35). The van der Waals surface area contributed by atoms with Crippen LogP contribution in [0.1, 0.15) is 61.1 Å². The zero-order valence-corrected chi connectivity index (χ0v) is 23.9. The molecular formula is C29H27Br2NO5. The lowest BCUT2D eigenvalue weighted by Crippen LogP contribution is -2.30. The van der Waals surface area contributed by atoms with Gasteiger partial charge >= 0.3 is 0 Å². The van der Waals surface area contributed by atoms with E-state index in [1.807, 2.05) is 44.2 Å². The molecule has 0 aromatic heterocycles. The summed E-state index contributed by atoms with van der Waals surface area (Å²) >= 11 is 7.17. The number of halogens is 2. The molecular weight excluding hydrogens is 602 g/mol. The number of carbonyl (C=O) groups excluding carboxylic acids is 3. The summed E-state index contributed by atoms with van der Waals surface area (Å²) in [7, 11) is 0. The van der Waals surface area contributed by atoms with Crippen LogP contribution in [0.3, 0.4) is 0 Å². The van der Waals surface area contributed by atoms with Crippen molar-refractivity contribution in [2.75, 3.05) is 11.9 Å². The number of hydrogen-bond acceptors (Lipinski definition) is 5. The maximum absolute atomic E-state index is 13.0. The largest absolute Gasteiger partial charge is 0.481 e. The number of allylic oxidation sites excluding steroid dienone is 4. The molecule has 6 nitrogen and oxygen atoms in total. The summed E-state index contributed by atoms with van der Waals surface area (Å²) in [5.41, 5.74) is 4.97. The van der Waals surface area contributed by atoms with Crippen LogP contribution in [-0.2, 0) is 19.1 Å². The summed E-state index contributed by atoms with van der Waals surface area (Å²) in [4.78, 5) is 38.6. The molecule has 0 spiro atoms. The second-order valence-corrected chi connectivity index (χ2v) is 11.4. The molecule has 2 aromatic carbocycles. The van der Waals surface area contributed by atoms with Crippen molar-refractivity contribution < 1.29 is 23.9 Å². The van der Waals surface area contributed by atoms with Crippen LogP contribution in [-0.4, -0.2) is 24.1 Å². The normalized spacial score (nSPS) is 17.8. The summed E-state index contributed by atoms with van der Waals surface area (Å²) in [5, 5.41) is 2.86. The highest BCUT2D eigenvalue weighted by Gasteiger charge is 2.42. The van der Waals surface area contributed by atoms with Gasteiger partial charge in [-0.3, -0.25) is 14.4 Å². The van der Waals surface area contributed by atoms with Crippen molar-refractivity contribution >= 4 is 55.0 Å². The minimum atomic E-state index is -0.464. The van der Waals surface area contributed by atoms with Gasteiger partial charge < -0.3 is 14.8 Å². The number of benzene rings is 2. The Morgan fingerprint density at radius 2 is 1.51 bits per heavy atom. The quantitative estimate of drug-likeness (QED) is 0.387. The Morgan fingerprint density at radius 3 is 2.08 bits per heavy atom. The number of nitrogens with one attached hydrogen (secondary N) is 1. The molecule has 8 heteroatoms. The van der Waals surface area contributed by atoms with Crippen LogP contribution < -0.4 is 10.1 Å². The van der Waals surface area contributed by atoms with Crippen molar-refractivity contribution in [1.82, 2.24) is 0 Å². The first-order valence-electron chi connectivity index (χ1n) is 12.4. The van der Waals surface area contributed by atoms with Crippen molar-refractivity contribution in [2.24, 2.45) is 0 Å². The summed E-state index contributed by atoms with van der Waals surface area (Å²) in [6.07, 6.45) is 3.81. The molecule has 0 unspecified atom stereocenters. The second-order valence-electron chi connectivity index (χ2n) is 9.71. The number of carbonyl (C=O) groups is 3. The van der Waals surface area contributed by atoms with Gasteiger partial charge in [-0.15, -0.1) is 0 Å². The third kappa shape index (κ3) is 5.18. The van der Waals surface area contributed by atoms with Crippen LogP contribution in [0.5, 0.6) is 5.75 Å². The Morgan fingerprint density at radius 1 is 0.919 bits per heavy atom. The first-order chi connectivity index (χ1) is 17.7. The fourth-order valence-electron chi connectivity index (χ4n) is 5.19. The number of aryl methyl sites for hydroxylation is 2. The number of rotatable bonds is 5. The highest BCUT2D eigenvalue weighted by Crippen LogP contribution is 2.49. The van der Waals surface area contributed by atoms with E-state index >= 15 is 0 Å². The van der Waals surface area contributed by atoms with Crippen LogP contribution in [0.2, 0.25) is 0 Å². The minimum Gasteiger partial charge on any atom is -0.481 e. The smallest absolute Gasteiger partial charge is 0.262 e. The fraction of sp³-hybridized carbons (Fsp3) is 0.345. The Bertz CT molecular complexity index is 1330. The topological polar surface area (TPSA) is 81.7 Å². The van der Waals surface area contributed by atoms with E-state index in [1.54, 1.807) is 0 Å². The van der Waals surface area contributed by atoms with Crippen LogP contribution in [0.25, 0.3) is 0 Å². The van der Waals surface area contributed by atoms with Gasteiger partial charge in [-0.25, -0.2) is 0 Å². The van der Waals surface area contributed by atoms with Gasteiger partial charge in [0.15, 0.2) is 18.2 Å². The van der Waals surface area contributed by atoms with Gasteiger partial charge in [0, 0.05) is 48.4 Å². The SMILES string of the molecule is Cc1ccc(NC(=O)COc2c(Br)cc(C3C4=C(CCCC4=O)OC4=C3C(=O)CCC4)cc2Br)cc1C. The number of hydrogen-bond donors (Lipinski definition) is 1. The molecule has 0 saturated carbocycles. The molecule has 1 N–H and O–H groups in total. The molecule has 5 rings (SSSR count). The zero-order valence-electron chi connectivity index (χ0n) is 20.7. The predicted octanol–water partition coefficient (Wildman–Crippen LogP) is 6.97. The van der Waals surface area contributed by atoms with E-state index in [9.17, 15) is 14.4 Å². The van der Waals surface area contributed by atoms with E-state index in [1.165, 1.54) is 0 Å². The Hall–Kier alpha value is -2.71. The van der Waals surface area contributed by atoms with Crippen LogP contribution in [0.4, 0.5) is 5.69 Å². The van der Waals surface area contributed by atoms with Crippen molar-refractivity contribution in [3.63, 3.8) is 0 Å². The van der Waals surface area contributed by atoms with Crippen molar-refractivity contribution in [1.29, 1.82) is 0 Å². The third-order valence-corrected chi connectivity index (χ3v) is 8.31. The summed E-state index contributed by atoms with van der Waals surface area (Å²) < 4.78 is 13.2. The molecule has 0 atom stereocenters. The van der Waals surface area contributed by atoms with E-state index in [-0.39, 0.29) is 24.1 Å². The van der Waals surface area contributed by atoms with Gasteiger partial charge in [0.1, 0.15) is 17.3 Å².